The standard InChI is InChI=1S/C28H32F4N6O/c1-6-39-22-9-10-24(23(29)15-22)38-19(4)25-18(3)34-35-26(27(25)36-38)20-11-13-37(14-12-20)16-21(33-5)8-7-17(2)28(30,31)32/h7-10,15,20H,5-6,11-14,16H2,1-4H3/b17-7+,21-8-. The number of fused-ring (bicyclic) bond motifs is 1. The van der Waals surface area contributed by atoms with E-state index < -0.39 is 17.6 Å². The van der Waals surface area contributed by atoms with Crippen LogP contribution < -0.4 is 4.74 Å². The summed E-state index contributed by atoms with van der Waals surface area (Å²) in [5, 5.41) is 14.5. The van der Waals surface area contributed by atoms with Gasteiger partial charge in [0.15, 0.2) is 5.82 Å². The molecule has 0 spiro atoms. The minimum atomic E-state index is -4.37. The molecule has 0 aliphatic carbocycles. The molecule has 3 aromatic rings. The summed E-state index contributed by atoms with van der Waals surface area (Å²) in [4.78, 5) is 6.04. The quantitative estimate of drug-likeness (QED) is 0.191. The number of allylic oxidation sites excluding steroid dienone is 3. The largest absolute Gasteiger partial charge is 0.494 e. The number of aromatic nitrogens is 4. The van der Waals surface area contributed by atoms with Gasteiger partial charge in [0.25, 0.3) is 0 Å². The van der Waals surface area contributed by atoms with Gasteiger partial charge in [-0.3, -0.25) is 9.89 Å². The van der Waals surface area contributed by atoms with Crippen LogP contribution >= 0.6 is 0 Å². The number of rotatable bonds is 8. The van der Waals surface area contributed by atoms with Gasteiger partial charge in [0.05, 0.1) is 29.4 Å². The Morgan fingerprint density at radius 2 is 1.90 bits per heavy atom. The van der Waals surface area contributed by atoms with Crippen molar-refractivity contribution in [1.82, 2.24) is 24.9 Å². The highest BCUT2D eigenvalue weighted by Crippen LogP contribution is 2.34. The van der Waals surface area contributed by atoms with Gasteiger partial charge in [0.2, 0.25) is 0 Å². The smallest absolute Gasteiger partial charge is 0.412 e. The Hall–Kier alpha value is -3.60. The van der Waals surface area contributed by atoms with Crippen LogP contribution in [0.15, 0.2) is 46.6 Å². The lowest BCUT2D eigenvalue weighted by Gasteiger charge is -2.31. The van der Waals surface area contributed by atoms with Gasteiger partial charge in [0.1, 0.15) is 17.0 Å². The van der Waals surface area contributed by atoms with Gasteiger partial charge in [-0.1, -0.05) is 6.08 Å². The molecule has 39 heavy (non-hydrogen) atoms. The fraction of sp³-hybridized carbons (Fsp3) is 0.429. The van der Waals surface area contributed by atoms with E-state index in [0.717, 1.165) is 48.3 Å². The van der Waals surface area contributed by atoms with Crippen LogP contribution in [-0.4, -0.2) is 64.0 Å². The predicted octanol–water partition coefficient (Wildman–Crippen LogP) is 6.24. The Kier molecular flexibility index (Phi) is 8.48. The molecule has 3 heterocycles. The van der Waals surface area contributed by atoms with Crippen molar-refractivity contribution < 1.29 is 22.3 Å². The SMILES string of the molecule is C=N/C(=C\C=C(/C)C(F)(F)F)CN1CCC(c2nnc(C)c3c(C)n(-c4ccc(OCC)cc4F)nc23)CC1. The first-order valence-corrected chi connectivity index (χ1v) is 12.8. The summed E-state index contributed by atoms with van der Waals surface area (Å²) in [7, 11) is 0. The molecule has 1 aliphatic heterocycles. The maximum atomic E-state index is 15.0. The second-order valence-corrected chi connectivity index (χ2v) is 9.65. The Morgan fingerprint density at radius 3 is 2.51 bits per heavy atom. The van der Waals surface area contributed by atoms with Crippen molar-refractivity contribution in [2.75, 3.05) is 26.2 Å². The third-order valence-corrected chi connectivity index (χ3v) is 7.02. The molecule has 1 aliphatic rings. The number of benzene rings is 1. The summed E-state index contributed by atoms with van der Waals surface area (Å²) in [6.07, 6.45) is -0.449. The first-order chi connectivity index (χ1) is 18.5. The summed E-state index contributed by atoms with van der Waals surface area (Å²) in [6.45, 7) is 12.4. The number of likely N-dealkylation sites (tertiary alicyclic amines) is 1. The number of halogens is 4. The fourth-order valence-corrected chi connectivity index (χ4v) is 4.83. The second kappa shape index (κ2) is 11.6. The lowest BCUT2D eigenvalue weighted by atomic mass is 9.92. The van der Waals surface area contributed by atoms with Gasteiger partial charge in [0, 0.05) is 29.5 Å². The minimum Gasteiger partial charge on any atom is -0.494 e. The Balaban J connectivity index is 1.55. The normalized spacial score (nSPS) is 16.2. The Labute approximate surface area is 224 Å². The molecule has 0 amide bonds. The van der Waals surface area contributed by atoms with Crippen LogP contribution in [0, 0.1) is 19.7 Å². The molecular weight excluding hydrogens is 512 g/mol. The number of piperidine rings is 1. The molecule has 0 radical (unpaired) electrons. The number of hydrogen-bond donors (Lipinski definition) is 0. The van der Waals surface area contributed by atoms with Crippen LogP contribution in [0.4, 0.5) is 17.6 Å². The fourth-order valence-electron chi connectivity index (χ4n) is 4.83. The molecule has 0 N–H and O–H groups in total. The number of alkyl halides is 3. The first kappa shape index (κ1) is 28.4. The maximum Gasteiger partial charge on any atom is 0.412 e. The van der Waals surface area contributed by atoms with Crippen molar-refractivity contribution in [1.29, 1.82) is 0 Å². The van der Waals surface area contributed by atoms with Crippen molar-refractivity contribution in [2.24, 2.45) is 4.99 Å². The van der Waals surface area contributed by atoms with E-state index in [1.807, 2.05) is 20.8 Å². The lowest BCUT2D eigenvalue weighted by molar-refractivity contribution is -0.0913. The average molecular weight is 545 g/mol. The van der Waals surface area contributed by atoms with Crippen LogP contribution in [0.3, 0.4) is 0 Å². The number of ether oxygens (including phenoxy) is 1. The van der Waals surface area contributed by atoms with E-state index in [1.54, 1.807) is 16.8 Å². The molecule has 0 saturated carbocycles. The van der Waals surface area contributed by atoms with E-state index in [-0.39, 0.29) is 5.92 Å². The topological polar surface area (TPSA) is 68.4 Å². The van der Waals surface area contributed by atoms with Gasteiger partial charge < -0.3 is 4.74 Å². The van der Waals surface area contributed by atoms with Crippen molar-refractivity contribution in [2.45, 2.75) is 52.6 Å². The van der Waals surface area contributed by atoms with E-state index in [1.165, 1.54) is 12.1 Å². The Morgan fingerprint density at radius 1 is 1.18 bits per heavy atom. The molecule has 0 unspecified atom stereocenters. The highest BCUT2D eigenvalue weighted by Gasteiger charge is 2.30. The van der Waals surface area contributed by atoms with E-state index in [9.17, 15) is 13.2 Å². The van der Waals surface area contributed by atoms with Gasteiger partial charge in [-0.2, -0.15) is 28.5 Å². The third kappa shape index (κ3) is 6.19. The van der Waals surface area contributed by atoms with Gasteiger partial charge in [-0.25, -0.2) is 9.07 Å². The van der Waals surface area contributed by atoms with Crippen molar-refractivity contribution in [3.63, 3.8) is 0 Å². The first-order valence-electron chi connectivity index (χ1n) is 12.8. The molecule has 1 aromatic carbocycles. The van der Waals surface area contributed by atoms with Crippen molar-refractivity contribution in [3.8, 4) is 11.4 Å². The summed E-state index contributed by atoms with van der Waals surface area (Å²) < 4.78 is 60.4. The molecule has 0 atom stereocenters. The van der Waals surface area contributed by atoms with Crippen LogP contribution in [-0.2, 0) is 0 Å². The minimum absolute atomic E-state index is 0.0845. The zero-order valence-electron chi connectivity index (χ0n) is 22.5. The van der Waals surface area contributed by atoms with E-state index in [2.05, 4.69) is 26.8 Å². The Bertz CT molecular complexity index is 1420. The molecular formula is C28H32F4N6O. The molecule has 0 bridgehead atoms. The summed E-state index contributed by atoms with van der Waals surface area (Å²) in [5.41, 5.74) is 3.06. The molecule has 1 saturated heterocycles. The second-order valence-electron chi connectivity index (χ2n) is 9.65. The molecule has 4 rings (SSSR count). The van der Waals surface area contributed by atoms with E-state index >= 15 is 4.39 Å². The van der Waals surface area contributed by atoms with Crippen LogP contribution in [0.5, 0.6) is 5.75 Å². The molecule has 208 valence electrons. The summed E-state index contributed by atoms with van der Waals surface area (Å²) in [6, 6.07) is 4.72. The van der Waals surface area contributed by atoms with E-state index in [4.69, 9.17) is 9.84 Å². The van der Waals surface area contributed by atoms with Gasteiger partial charge in [-0.05, 0) is 78.6 Å². The monoisotopic (exact) mass is 544 g/mol. The van der Waals surface area contributed by atoms with Gasteiger partial charge >= 0.3 is 6.18 Å². The predicted molar refractivity (Wildman–Crippen MR) is 143 cm³/mol. The molecule has 1 fully saturated rings. The van der Waals surface area contributed by atoms with Crippen LogP contribution in [0.2, 0.25) is 0 Å². The number of nitrogens with zero attached hydrogens (tertiary/aromatic N) is 6. The number of aryl methyl sites for hydroxylation is 2. The summed E-state index contributed by atoms with van der Waals surface area (Å²) in [5.74, 6) is 0.0998. The average Bonchev–Trinajstić information content (AvgIpc) is 3.24. The zero-order chi connectivity index (χ0) is 28.3. The lowest BCUT2D eigenvalue weighted by Crippen LogP contribution is -2.34. The van der Waals surface area contributed by atoms with Gasteiger partial charge in [-0.15, -0.1) is 0 Å². The molecule has 7 nitrogen and oxygen atoms in total. The van der Waals surface area contributed by atoms with Crippen molar-refractivity contribution >= 4 is 17.6 Å². The molecule has 2 aromatic heterocycles. The zero-order valence-corrected chi connectivity index (χ0v) is 22.5. The maximum absolute atomic E-state index is 15.0. The van der Waals surface area contributed by atoms with Crippen LogP contribution in [0.1, 0.15) is 49.7 Å². The van der Waals surface area contributed by atoms with E-state index in [0.29, 0.717) is 48.9 Å². The molecule has 11 heteroatoms. The highest BCUT2D eigenvalue weighted by molar-refractivity contribution is 5.86. The number of aliphatic imine (C=N–C) groups is 1. The van der Waals surface area contributed by atoms with Crippen molar-refractivity contribution in [3.05, 3.63) is 64.5 Å². The third-order valence-electron chi connectivity index (χ3n) is 7.02. The van der Waals surface area contributed by atoms with Crippen LogP contribution in [0.25, 0.3) is 16.6 Å². The highest BCUT2D eigenvalue weighted by atomic mass is 19.4. The summed E-state index contributed by atoms with van der Waals surface area (Å²) >= 11 is 0. The number of hydrogen-bond acceptors (Lipinski definition) is 6.